The lowest BCUT2D eigenvalue weighted by Crippen LogP contribution is -2.62. The van der Waals surface area contributed by atoms with E-state index in [0.717, 1.165) is 0 Å². The van der Waals surface area contributed by atoms with Crippen LogP contribution >= 0.6 is 0 Å². The average Bonchev–Trinajstić information content (AvgIpc) is 2.86. The minimum atomic E-state index is -0.642. The summed E-state index contributed by atoms with van der Waals surface area (Å²) in [7, 11) is 0. The summed E-state index contributed by atoms with van der Waals surface area (Å²) in [6.45, 7) is 6.25. The monoisotopic (exact) mass is 343 g/mol. The van der Waals surface area contributed by atoms with Crippen LogP contribution < -0.4 is 10.2 Å². The van der Waals surface area contributed by atoms with Gasteiger partial charge in [-0.1, -0.05) is 12.1 Å². The van der Waals surface area contributed by atoms with Gasteiger partial charge in [0.05, 0.1) is 11.3 Å². The molecule has 1 fully saturated rings. The number of anilines is 1. The number of para-hydroxylation sites is 1. The van der Waals surface area contributed by atoms with Crippen molar-refractivity contribution in [1.29, 1.82) is 0 Å². The molecule has 1 aromatic carbocycles. The Kier molecular flexibility index (Phi) is 4.54. The van der Waals surface area contributed by atoms with E-state index in [4.69, 9.17) is 0 Å². The van der Waals surface area contributed by atoms with Crippen molar-refractivity contribution in [2.45, 2.75) is 58.2 Å². The molecule has 1 N–H and O–H groups in total. The zero-order valence-corrected chi connectivity index (χ0v) is 15.0. The van der Waals surface area contributed by atoms with Crippen LogP contribution in [-0.2, 0) is 9.59 Å². The summed E-state index contributed by atoms with van der Waals surface area (Å²) in [5, 5.41) is 2.86. The van der Waals surface area contributed by atoms with Gasteiger partial charge in [0.25, 0.3) is 5.91 Å². The Hall–Kier alpha value is -2.37. The van der Waals surface area contributed by atoms with Crippen molar-refractivity contribution in [2.75, 3.05) is 11.4 Å². The van der Waals surface area contributed by atoms with Gasteiger partial charge in [-0.3, -0.25) is 19.3 Å². The van der Waals surface area contributed by atoms with Crippen molar-refractivity contribution >= 4 is 23.4 Å². The Bertz CT molecular complexity index is 716. The number of rotatable bonds is 5. The van der Waals surface area contributed by atoms with Crippen molar-refractivity contribution < 1.29 is 14.4 Å². The molecule has 1 aromatic rings. The van der Waals surface area contributed by atoms with Gasteiger partial charge in [0, 0.05) is 25.4 Å². The fourth-order valence-electron chi connectivity index (χ4n) is 3.83. The molecule has 3 amide bonds. The van der Waals surface area contributed by atoms with Crippen LogP contribution in [0, 0.1) is 0 Å². The molecule has 1 saturated heterocycles. The SMILES string of the molecule is CC(C)NC(=O)CCCN1C(=O)c2ccccc2N2C(=O)CCC12C. The third kappa shape index (κ3) is 3.01. The Morgan fingerprint density at radius 3 is 2.72 bits per heavy atom. The summed E-state index contributed by atoms with van der Waals surface area (Å²) in [4.78, 5) is 40.9. The van der Waals surface area contributed by atoms with E-state index in [1.807, 2.05) is 39.0 Å². The molecule has 3 rings (SSSR count). The van der Waals surface area contributed by atoms with Crippen molar-refractivity contribution in [3.05, 3.63) is 29.8 Å². The lowest BCUT2D eigenvalue weighted by atomic mass is 9.98. The summed E-state index contributed by atoms with van der Waals surface area (Å²) in [5.74, 6) is -0.0253. The maximum atomic E-state index is 13.0. The molecule has 0 radical (unpaired) electrons. The zero-order chi connectivity index (χ0) is 18.2. The van der Waals surface area contributed by atoms with Crippen LogP contribution in [0.1, 0.15) is 56.8 Å². The van der Waals surface area contributed by atoms with E-state index in [1.54, 1.807) is 15.9 Å². The second kappa shape index (κ2) is 6.50. The van der Waals surface area contributed by atoms with Crippen molar-refractivity contribution in [1.82, 2.24) is 10.2 Å². The minimum absolute atomic E-state index is 0.00985. The summed E-state index contributed by atoms with van der Waals surface area (Å²) in [6.07, 6.45) is 1.99. The molecule has 0 spiro atoms. The van der Waals surface area contributed by atoms with Crippen molar-refractivity contribution in [2.24, 2.45) is 0 Å². The quantitative estimate of drug-likeness (QED) is 0.892. The van der Waals surface area contributed by atoms with Crippen LogP contribution in [0.4, 0.5) is 5.69 Å². The maximum absolute atomic E-state index is 13.0. The van der Waals surface area contributed by atoms with E-state index >= 15 is 0 Å². The number of nitrogens with zero attached hydrogens (tertiary/aromatic N) is 2. The molecule has 0 bridgehead atoms. The van der Waals surface area contributed by atoms with Gasteiger partial charge < -0.3 is 10.2 Å². The van der Waals surface area contributed by atoms with Crippen LogP contribution in [-0.4, -0.2) is 40.9 Å². The number of hydrogen-bond acceptors (Lipinski definition) is 3. The number of carbonyl (C=O) groups is 3. The molecule has 1 atom stereocenters. The lowest BCUT2D eigenvalue weighted by molar-refractivity contribution is -0.122. The Balaban J connectivity index is 1.81. The molecule has 2 aliphatic rings. The van der Waals surface area contributed by atoms with Crippen molar-refractivity contribution in [3.63, 3.8) is 0 Å². The highest BCUT2D eigenvalue weighted by Gasteiger charge is 2.52. The third-order valence-corrected chi connectivity index (χ3v) is 4.98. The normalized spacial score (nSPS) is 22.2. The van der Waals surface area contributed by atoms with Gasteiger partial charge in [-0.05, 0) is 45.7 Å². The topological polar surface area (TPSA) is 69.7 Å². The number of carbonyl (C=O) groups excluding carboxylic acids is 3. The largest absolute Gasteiger partial charge is 0.354 e. The van der Waals surface area contributed by atoms with Gasteiger partial charge >= 0.3 is 0 Å². The predicted octanol–water partition coefficient (Wildman–Crippen LogP) is 2.29. The number of hydrogen-bond donors (Lipinski definition) is 1. The van der Waals surface area contributed by atoms with Gasteiger partial charge in [0.2, 0.25) is 11.8 Å². The summed E-state index contributed by atoms with van der Waals surface area (Å²) >= 11 is 0. The lowest BCUT2D eigenvalue weighted by Gasteiger charge is -2.48. The molecule has 6 nitrogen and oxygen atoms in total. The zero-order valence-electron chi connectivity index (χ0n) is 15.0. The van der Waals surface area contributed by atoms with E-state index < -0.39 is 5.66 Å². The molecule has 25 heavy (non-hydrogen) atoms. The fraction of sp³-hybridized carbons (Fsp3) is 0.526. The second-order valence-corrected chi connectivity index (χ2v) is 7.25. The first kappa shape index (κ1) is 17.5. The highest BCUT2D eigenvalue weighted by Crippen LogP contribution is 2.43. The third-order valence-electron chi connectivity index (χ3n) is 4.98. The minimum Gasteiger partial charge on any atom is -0.354 e. The molecule has 1 unspecified atom stereocenters. The van der Waals surface area contributed by atoms with E-state index in [1.165, 1.54) is 0 Å². The molecule has 0 aliphatic carbocycles. The smallest absolute Gasteiger partial charge is 0.257 e. The van der Waals surface area contributed by atoms with Crippen LogP contribution in [0.25, 0.3) is 0 Å². The molecule has 0 aromatic heterocycles. The van der Waals surface area contributed by atoms with Gasteiger partial charge in [0.1, 0.15) is 5.66 Å². The molecule has 2 aliphatic heterocycles. The highest BCUT2D eigenvalue weighted by molar-refractivity contribution is 6.10. The Morgan fingerprint density at radius 2 is 2.00 bits per heavy atom. The van der Waals surface area contributed by atoms with E-state index in [2.05, 4.69) is 5.32 Å². The second-order valence-electron chi connectivity index (χ2n) is 7.25. The standard InChI is InChI=1S/C19H25N3O3/c1-13(2)20-16(23)9-6-12-21-18(25)14-7-4-5-8-15(14)22-17(24)10-11-19(21,22)3/h4-5,7-8,13H,6,9-12H2,1-3H3,(H,20,23). The molecular weight excluding hydrogens is 318 g/mol. The molecule has 134 valence electrons. The predicted molar refractivity (Wildman–Crippen MR) is 95.1 cm³/mol. The van der Waals surface area contributed by atoms with Crippen LogP contribution in [0.5, 0.6) is 0 Å². The average molecular weight is 343 g/mol. The fourth-order valence-corrected chi connectivity index (χ4v) is 3.83. The molecule has 6 heteroatoms. The summed E-state index contributed by atoms with van der Waals surface area (Å²) in [6, 6.07) is 7.37. The Labute approximate surface area is 148 Å². The van der Waals surface area contributed by atoms with E-state index in [0.29, 0.717) is 43.5 Å². The summed E-state index contributed by atoms with van der Waals surface area (Å²) in [5.41, 5.74) is 0.616. The first-order chi connectivity index (χ1) is 11.8. The number of fused-ring (bicyclic) bond motifs is 3. The van der Waals surface area contributed by atoms with Crippen molar-refractivity contribution in [3.8, 4) is 0 Å². The van der Waals surface area contributed by atoms with E-state index in [-0.39, 0.29) is 23.8 Å². The van der Waals surface area contributed by atoms with Crippen LogP contribution in [0.15, 0.2) is 24.3 Å². The van der Waals surface area contributed by atoms with Gasteiger partial charge in [0.15, 0.2) is 0 Å². The first-order valence-corrected chi connectivity index (χ1v) is 8.88. The Morgan fingerprint density at radius 1 is 1.28 bits per heavy atom. The van der Waals surface area contributed by atoms with E-state index in [9.17, 15) is 14.4 Å². The highest BCUT2D eigenvalue weighted by atomic mass is 16.2. The van der Waals surface area contributed by atoms with Gasteiger partial charge in [-0.2, -0.15) is 0 Å². The molecular formula is C19H25N3O3. The van der Waals surface area contributed by atoms with Crippen LogP contribution in [0.3, 0.4) is 0 Å². The first-order valence-electron chi connectivity index (χ1n) is 8.88. The molecule has 0 saturated carbocycles. The van der Waals surface area contributed by atoms with Gasteiger partial charge in [-0.25, -0.2) is 0 Å². The number of amides is 3. The van der Waals surface area contributed by atoms with Gasteiger partial charge in [-0.15, -0.1) is 0 Å². The number of nitrogens with one attached hydrogen (secondary N) is 1. The summed E-state index contributed by atoms with van der Waals surface area (Å²) < 4.78 is 0. The maximum Gasteiger partial charge on any atom is 0.257 e. The number of benzene rings is 1. The molecule has 2 heterocycles. The van der Waals surface area contributed by atoms with Crippen LogP contribution in [0.2, 0.25) is 0 Å².